The number of carbonyl (C=O) groups is 1. The Hall–Kier alpha value is -0.690. The van der Waals surface area contributed by atoms with E-state index in [0.717, 1.165) is 39.1 Å². The van der Waals surface area contributed by atoms with E-state index in [4.69, 9.17) is 10.5 Å². The molecule has 0 aromatic heterocycles. The normalized spacial score (nSPS) is 19.9. The van der Waals surface area contributed by atoms with Crippen molar-refractivity contribution in [2.45, 2.75) is 19.4 Å². The van der Waals surface area contributed by atoms with Gasteiger partial charge >= 0.3 is 0 Å². The first kappa shape index (κ1) is 16.4. The van der Waals surface area contributed by atoms with Crippen LogP contribution in [0.15, 0.2) is 0 Å². The maximum absolute atomic E-state index is 12.0. The maximum atomic E-state index is 12.0. The predicted octanol–water partition coefficient (Wildman–Crippen LogP) is -0.896. The molecular weight excluding hydrogens is 244 g/mol. The first-order chi connectivity index (χ1) is 9.19. The van der Waals surface area contributed by atoms with Crippen molar-refractivity contribution in [1.82, 2.24) is 15.1 Å². The third-order valence-electron chi connectivity index (χ3n) is 3.60. The van der Waals surface area contributed by atoms with Gasteiger partial charge in [-0.25, -0.2) is 0 Å². The van der Waals surface area contributed by atoms with Gasteiger partial charge in [0.25, 0.3) is 0 Å². The van der Waals surface area contributed by atoms with Gasteiger partial charge in [0.2, 0.25) is 5.91 Å². The molecule has 112 valence electrons. The van der Waals surface area contributed by atoms with Gasteiger partial charge in [-0.1, -0.05) is 0 Å². The molecule has 1 aliphatic rings. The van der Waals surface area contributed by atoms with E-state index >= 15 is 0 Å². The molecule has 0 radical (unpaired) electrons. The summed E-state index contributed by atoms with van der Waals surface area (Å²) in [7, 11) is 1.64. The summed E-state index contributed by atoms with van der Waals surface area (Å²) in [6, 6.07) is -0.0744. The molecule has 0 aliphatic carbocycles. The highest BCUT2D eigenvalue weighted by atomic mass is 16.5. The smallest absolute Gasteiger partial charge is 0.237 e. The van der Waals surface area contributed by atoms with E-state index in [1.54, 1.807) is 7.11 Å². The largest absolute Gasteiger partial charge is 0.383 e. The fourth-order valence-electron chi connectivity index (χ4n) is 2.37. The minimum atomic E-state index is -0.0744. The first-order valence-electron chi connectivity index (χ1n) is 7.12. The minimum Gasteiger partial charge on any atom is -0.383 e. The lowest BCUT2D eigenvalue weighted by Gasteiger charge is -2.26. The number of nitrogens with one attached hydrogen (secondary N) is 1. The molecule has 0 aromatic carbocycles. The summed E-state index contributed by atoms with van der Waals surface area (Å²) in [6.07, 6.45) is 1.09. The molecule has 1 unspecified atom stereocenters. The van der Waals surface area contributed by atoms with E-state index in [1.807, 2.05) is 6.92 Å². The quantitative estimate of drug-likeness (QED) is 0.588. The lowest BCUT2D eigenvalue weighted by Crippen LogP contribution is -2.47. The van der Waals surface area contributed by atoms with Gasteiger partial charge in [-0.3, -0.25) is 9.69 Å². The highest BCUT2D eigenvalue weighted by Crippen LogP contribution is 2.07. The second kappa shape index (κ2) is 9.25. The molecule has 0 saturated carbocycles. The SMILES string of the molecule is COCCNC(=O)C(C)N1CCCN(CCN)CC1. The molecule has 6 nitrogen and oxygen atoms in total. The fraction of sp³-hybridized carbons (Fsp3) is 0.923. The Morgan fingerprint density at radius 2 is 2.16 bits per heavy atom. The molecule has 0 spiro atoms. The van der Waals surface area contributed by atoms with Crippen LogP contribution in [0.1, 0.15) is 13.3 Å². The summed E-state index contributed by atoms with van der Waals surface area (Å²) >= 11 is 0. The fourth-order valence-corrected chi connectivity index (χ4v) is 2.37. The van der Waals surface area contributed by atoms with Crippen molar-refractivity contribution < 1.29 is 9.53 Å². The Labute approximate surface area is 116 Å². The molecule has 0 bridgehead atoms. The van der Waals surface area contributed by atoms with Crippen LogP contribution in [0.2, 0.25) is 0 Å². The van der Waals surface area contributed by atoms with Crippen molar-refractivity contribution in [3.63, 3.8) is 0 Å². The molecule has 1 saturated heterocycles. The number of hydrogen-bond acceptors (Lipinski definition) is 5. The Morgan fingerprint density at radius 1 is 1.37 bits per heavy atom. The van der Waals surface area contributed by atoms with E-state index in [1.165, 1.54) is 0 Å². The van der Waals surface area contributed by atoms with Crippen molar-refractivity contribution in [2.24, 2.45) is 5.73 Å². The summed E-state index contributed by atoms with van der Waals surface area (Å²) < 4.78 is 4.93. The number of amides is 1. The molecule has 1 fully saturated rings. The van der Waals surface area contributed by atoms with Crippen LogP contribution in [0.3, 0.4) is 0 Å². The van der Waals surface area contributed by atoms with Gasteiger partial charge in [0.15, 0.2) is 0 Å². The second-order valence-electron chi connectivity index (χ2n) is 4.98. The number of rotatable bonds is 7. The molecular formula is C13H28N4O2. The molecule has 3 N–H and O–H groups in total. The van der Waals surface area contributed by atoms with Gasteiger partial charge in [0.1, 0.15) is 0 Å². The van der Waals surface area contributed by atoms with Gasteiger partial charge in [0.05, 0.1) is 12.6 Å². The number of ether oxygens (including phenoxy) is 1. The summed E-state index contributed by atoms with van der Waals surface area (Å²) in [4.78, 5) is 16.6. The monoisotopic (exact) mass is 272 g/mol. The number of carbonyl (C=O) groups excluding carboxylic acids is 1. The van der Waals surface area contributed by atoms with E-state index < -0.39 is 0 Å². The molecule has 19 heavy (non-hydrogen) atoms. The summed E-state index contributed by atoms with van der Waals surface area (Å²) in [5.74, 6) is 0.0873. The van der Waals surface area contributed by atoms with Crippen LogP contribution in [-0.4, -0.2) is 81.3 Å². The van der Waals surface area contributed by atoms with E-state index in [2.05, 4.69) is 15.1 Å². The molecule has 1 heterocycles. The topological polar surface area (TPSA) is 70.8 Å². The summed E-state index contributed by atoms with van der Waals surface area (Å²) in [5.41, 5.74) is 5.59. The Kier molecular flexibility index (Phi) is 7.97. The lowest BCUT2D eigenvalue weighted by atomic mass is 10.2. The average molecular weight is 272 g/mol. The van der Waals surface area contributed by atoms with Crippen LogP contribution in [-0.2, 0) is 9.53 Å². The zero-order valence-electron chi connectivity index (χ0n) is 12.2. The standard InChI is InChI=1S/C13H28N4O2/c1-12(13(18)15-5-11-19-2)17-7-3-6-16(8-4-14)9-10-17/h12H,3-11,14H2,1-2H3,(H,15,18). The zero-order valence-corrected chi connectivity index (χ0v) is 12.2. The van der Waals surface area contributed by atoms with Gasteiger partial charge in [-0.15, -0.1) is 0 Å². The number of hydrogen-bond donors (Lipinski definition) is 2. The second-order valence-corrected chi connectivity index (χ2v) is 4.98. The Bertz CT molecular complexity index is 263. The maximum Gasteiger partial charge on any atom is 0.237 e. The Balaban J connectivity index is 2.35. The number of nitrogens with zero attached hydrogens (tertiary/aromatic N) is 2. The number of methoxy groups -OCH3 is 1. The van der Waals surface area contributed by atoms with E-state index in [9.17, 15) is 4.79 Å². The zero-order chi connectivity index (χ0) is 14.1. The summed E-state index contributed by atoms with van der Waals surface area (Å²) in [6.45, 7) is 8.73. The first-order valence-corrected chi connectivity index (χ1v) is 7.12. The summed E-state index contributed by atoms with van der Waals surface area (Å²) in [5, 5.41) is 2.90. The van der Waals surface area contributed by atoms with Crippen LogP contribution < -0.4 is 11.1 Å². The third kappa shape index (κ3) is 5.86. The minimum absolute atomic E-state index is 0.0744. The highest BCUT2D eigenvalue weighted by molar-refractivity contribution is 5.81. The van der Waals surface area contributed by atoms with Gasteiger partial charge in [-0.2, -0.15) is 0 Å². The van der Waals surface area contributed by atoms with Gasteiger partial charge in [-0.05, 0) is 19.9 Å². The number of nitrogens with two attached hydrogens (primary N) is 1. The van der Waals surface area contributed by atoms with Gasteiger partial charge in [0, 0.05) is 46.4 Å². The van der Waals surface area contributed by atoms with Crippen molar-refractivity contribution >= 4 is 5.91 Å². The van der Waals surface area contributed by atoms with Crippen LogP contribution in [0.5, 0.6) is 0 Å². The van der Waals surface area contributed by atoms with Crippen molar-refractivity contribution in [1.29, 1.82) is 0 Å². The molecule has 1 rings (SSSR count). The van der Waals surface area contributed by atoms with Crippen LogP contribution in [0, 0.1) is 0 Å². The van der Waals surface area contributed by atoms with Crippen LogP contribution >= 0.6 is 0 Å². The Morgan fingerprint density at radius 3 is 2.84 bits per heavy atom. The van der Waals surface area contributed by atoms with Crippen LogP contribution in [0.4, 0.5) is 0 Å². The molecule has 6 heteroatoms. The van der Waals surface area contributed by atoms with Gasteiger partial charge < -0.3 is 20.7 Å². The van der Waals surface area contributed by atoms with Crippen LogP contribution in [0.25, 0.3) is 0 Å². The predicted molar refractivity (Wildman–Crippen MR) is 76.0 cm³/mol. The lowest BCUT2D eigenvalue weighted by molar-refractivity contribution is -0.126. The molecule has 0 aromatic rings. The highest BCUT2D eigenvalue weighted by Gasteiger charge is 2.23. The van der Waals surface area contributed by atoms with Crippen molar-refractivity contribution in [3.8, 4) is 0 Å². The third-order valence-corrected chi connectivity index (χ3v) is 3.60. The van der Waals surface area contributed by atoms with Crippen molar-refractivity contribution in [2.75, 3.05) is 59.5 Å². The molecule has 1 aliphatic heterocycles. The van der Waals surface area contributed by atoms with E-state index in [-0.39, 0.29) is 11.9 Å². The van der Waals surface area contributed by atoms with Crippen molar-refractivity contribution in [3.05, 3.63) is 0 Å². The molecule has 1 atom stereocenters. The molecule has 1 amide bonds. The average Bonchev–Trinajstić information content (AvgIpc) is 2.64. The van der Waals surface area contributed by atoms with E-state index in [0.29, 0.717) is 19.7 Å².